The van der Waals surface area contributed by atoms with Crippen LogP contribution in [-0.2, 0) is 4.79 Å². The summed E-state index contributed by atoms with van der Waals surface area (Å²) in [6.45, 7) is 2.13. The number of likely N-dealkylation sites (tertiary alicyclic amines) is 1. The molecule has 2 rings (SSSR count). The number of rotatable bonds is 3. The molecule has 0 unspecified atom stereocenters. The van der Waals surface area contributed by atoms with E-state index in [1.165, 1.54) is 17.8 Å². The van der Waals surface area contributed by atoms with Crippen molar-refractivity contribution >= 4 is 22.4 Å². The van der Waals surface area contributed by atoms with Crippen molar-refractivity contribution in [2.24, 2.45) is 0 Å². The Balaban J connectivity index is 1.76. The first-order chi connectivity index (χ1) is 7.36. The Morgan fingerprint density at radius 3 is 2.93 bits per heavy atom. The second kappa shape index (κ2) is 5.06. The summed E-state index contributed by atoms with van der Waals surface area (Å²) in [7, 11) is 0. The first-order valence-corrected chi connectivity index (χ1v) is 6.02. The van der Waals surface area contributed by atoms with Crippen LogP contribution >= 0.6 is 11.3 Å². The maximum Gasteiger partial charge on any atom is 0.241 e. The van der Waals surface area contributed by atoms with Gasteiger partial charge in [0.2, 0.25) is 11.0 Å². The topological polar surface area (TPSA) is 58.1 Å². The molecule has 2 heterocycles. The van der Waals surface area contributed by atoms with Crippen LogP contribution in [0.15, 0.2) is 5.51 Å². The second-order valence-electron chi connectivity index (χ2n) is 3.54. The van der Waals surface area contributed by atoms with Gasteiger partial charge in [-0.05, 0) is 19.3 Å². The number of hydrogen-bond donors (Lipinski definition) is 1. The van der Waals surface area contributed by atoms with Crippen molar-refractivity contribution in [3.8, 4) is 0 Å². The summed E-state index contributed by atoms with van der Waals surface area (Å²) in [5.74, 6) is 0.157. The second-order valence-corrected chi connectivity index (χ2v) is 4.37. The van der Waals surface area contributed by atoms with Crippen molar-refractivity contribution in [1.29, 1.82) is 0 Å². The van der Waals surface area contributed by atoms with E-state index in [-0.39, 0.29) is 5.91 Å². The van der Waals surface area contributed by atoms with E-state index >= 15 is 0 Å². The molecule has 5 nitrogen and oxygen atoms in total. The van der Waals surface area contributed by atoms with Gasteiger partial charge in [-0.1, -0.05) is 11.3 Å². The van der Waals surface area contributed by atoms with E-state index in [0.29, 0.717) is 11.7 Å². The predicted molar refractivity (Wildman–Crippen MR) is 58.8 cm³/mol. The van der Waals surface area contributed by atoms with Crippen molar-refractivity contribution in [2.45, 2.75) is 19.3 Å². The molecule has 82 valence electrons. The van der Waals surface area contributed by atoms with Crippen molar-refractivity contribution < 1.29 is 4.79 Å². The van der Waals surface area contributed by atoms with E-state index in [2.05, 4.69) is 15.5 Å². The predicted octanol–water partition coefficient (Wildman–Crippen LogP) is 0.962. The van der Waals surface area contributed by atoms with E-state index in [0.717, 1.165) is 25.9 Å². The van der Waals surface area contributed by atoms with E-state index in [4.69, 9.17) is 0 Å². The maximum absolute atomic E-state index is 11.7. The third-order valence-corrected chi connectivity index (χ3v) is 3.11. The van der Waals surface area contributed by atoms with Crippen LogP contribution < -0.4 is 5.32 Å². The van der Waals surface area contributed by atoms with Gasteiger partial charge >= 0.3 is 0 Å². The van der Waals surface area contributed by atoms with Gasteiger partial charge in [0.25, 0.3) is 0 Å². The number of carbonyl (C=O) groups excluding carboxylic acids is 1. The molecule has 1 aromatic heterocycles. The lowest BCUT2D eigenvalue weighted by Crippen LogP contribution is -2.39. The van der Waals surface area contributed by atoms with E-state index in [1.807, 2.05) is 4.90 Å². The molecule has 0 aliphatic carbocycles. The highest BCUT2D eigenvalue weighted by Gasteiger charge is 2.15. The number of hydrogen-bond acceptors (Lipinski definition) is 5. The molecule has 1 N–H and O–H groups in total. The number of piperidine rings is 1. The van der Waals surface area contributed by atoms with Gasteiger partial charge in [-0.2, -0.15) is 0 Å². The van der Waals surface area contributed by atoms with Crippen molar-refractivity contribution in [3.63, 3.8) is 0 Å². The molecule has 1 amide bonds. The molecular formula is C9H14N4OS. The highest BCUT2D eigenvalue weighted by atomic mass is 32.1. The number of nitrogens with zero attached hydrogens (tertiary/aromatic N) is 3. The Morgan fingerprint density at radius 2 is 2.27 bits per heavy atom. The van der Waals surface area contributed by atoms with Gasteiger partial charge < -0.3 is 10.2 Å². The smallest absolute Gasteiger partial charge is 0.241 e. The van der Waals surface area contributed by atoms with E-state index < -0.39 is 0 Å². The van der Waals surface area contributed by atoms with Crippen molar-refractivity contribution in [3.05, 3.63) is 5.51 Å². The highest BCUT2D eigenvalue weighted by Crippen LogP contribution is 2.10. The Bertz CT molecular complexity index is 308. The Kier molecular flexibility index (Phi) is 3.49. The lowest BCUT2D eigenvalue weighted by molar-refractivity contribution is -0.130. The van der Waals surface area contributed by atoms with Gasteiger partial charge in [-0.3, -0.25) is 4.79 Å². The average molecular weight is 226 g/mol. The van der Waals surface area contributed by atoms with Gasteiger partial charge in [0.15, 0.2) is 0 Å². The largest absolute Gasteiger partial charge is 0.351 e. The monoisotopic (exact) mass is 226 g/mol. The molecule has 0 aromatic carbocycles. The number of nitrogens with one attached hydrogen (secondary N) is 1. The summed E-state index contributed by atoms with van der Waals surface area (Å²) >= 11 is 1.41. The third-order valence-electron chi connectivity index (χ3n) is 2.46. The van der Waals surface area contributed by atoms with Crippen molar-refractivity contribution in [2.75, 3.05) is 25.0 Å². The van der Waals surface area contributed by atoms with Gasteiger partial charge in [0.1, 0.15) is 5.51 Å². The van der Waals surface area contributed by atoms with Crippen LogP contribution in [0.1, 0.15) is 19.3 Å². The summed E-state index contributed by atoms with van der Waals surface area (Å²) in [6.07, 6.45) is 3.50. The molecule has 0 bridgehead atoms. The van der Waals surface area contributed by atoms with Crippen LogP contribution in [0.25, 0.3) is 0 Å². The summed E-state index contributed by atoms with van der Waals surface area (Å²) in [5, 5.41) is 11.2. The molecule has 1 saturated heterocycles. The summed E-state index contributed by atoms with van der Waals surface area (Å²) in [5.41, 5.74) is 1.65. The number of carbonyl (C=O) groups is 1. The van der Waals surface area contributed by atoms with Crippen LogP contribution in [0.3, 0.4) is 0 Å². The van der Waals surface area contributed by atoms with Crippen LogP contribution in [-0.4, -0.2) is 40.6 Å². The molecule has 1 fully saturated rings. The molecule has 15 heavy (non-hydrogen) atoms. The molecule has 1 aliphatic heterocycles. The quantitative estimate of drug-likeness (QED) is 0.834. The Morgan fingerprint density at radius 1 is 1.47 bits per heavy atom. The van der Waals surface area contributed by atoms with Crippen molar-refractivity contribution in [1.82, 2.24) is 15.1 Å². The minimum Gasteiger partial charge on any atom is -0.351 e. The zero-order chi connectivity index (χ0) is 10.5. The lowest BCUT2D eigenvalue weighted by atomic mass is 10.1. The molecule has 0 atom stereocenters. The maximum atomic E-state index is 11.7. The fourth-order valence-corrected chi connectivity index (χ4v) is 2.10. The minimum atomic E-state index is 0.157. The lowest BCUT2D eigenvalue weighted by Gasteiger charge is -2.26. The summed E-state index contributed by atoms with van der Waals surface area (Å²) in [4.78, 5) is 13.6. The molecule has 1 aromatic rings. The Labute approximate surface area is 92.5 Å². The van der Waals surface area contributed by atoms with Gasteiger partial charge in [0.05, 0.1) is 6.54 Å². The summed E-state index contributed by atoms with van der Waals surface area (Å²) < 4.78 is 0. The highest BCUT2D eigenvalue weighted by molar-refractivity contribution is 7.13. The van der Waals surface area contributed by atoms with Gasteiger partial charge in [-0.25, -0.2) is 0 Å². The molecule has 1 aliphatic rings. The molecule has 6 heteroatoms. The average Bonchev–Trinajstić information content (AvgIpc) is 2.80. The molecular weight excluding hydrogens is 212 g/mol. The van der Waals surface area contributed by atoms with E-state index in [9.17, 15) is 4.79 Å². The Hall–Kier alpha value is -1.17. The summed E-state index contributed by atoms with van der Waals surface area (Å²) in [6, 6.07) is 0. The first kappa shape index (κ1) is 10.4. The first-order valence-electron chi connectivity index (χ1n) is 5.14. The molecule has 0 spiro atoms. The van der Waals surface area contributed by atoms with Crippen LogP contribution in [0.4, 0.5) is 5.13 Å². The number of anilines is 1. The fourth-order valence-electron chi connectivity index (χ4n) is 1.66. The fraction of sp³-hybridized carbons (Fsp3) is 0.667. The number of aromatic nitrogens is 2. The van der Waals surface area contributed by atoms with Crippen LogP contribution in [0.2, 0.25) is 0 Å². The normalized spacial score (nSPS) is 16.4. The minimum absolute atomic E-state index is 0.157. The van der Waals surface area contributed by atoms with Gasteiger partial charge in [-0.15, -0.1) is 10.2 Å². The van der Waals surface area contributed by atoms with E-state index in [1.54, 1.807) is 5.51 Å². The molecule has 0 radical (unpaired) electrons. The number of amides is 1. The molecule has 0 saturated carbocycles. The SMILES string of the molecule is O=C(CNc1nncs1)N1CCCCC1. The zero-order valence-corrected chi connectivity index (χ0v) is 9.29. The zero-order valence-electron chi connectivity index (χ0n) is 8.48. The standard InChI is InChI=1S/C9H14N4OS/c14-8(13-4-2-1-3-5-13)6-10-9-12-11-7-15-9/h7H,1-6H2,(H,10,12). The van der Waals surface area contributed by atoms with Crippen LogP contribution in [0, 0.1) is 0 Å². The van der Waals surface area contributed by atoms with Gasteiger partial charge in [0, 0.05) is 13.1 Å². The third kappa shape index (κ3) is 2.89. The van der Waals surface area contributed by atoms with Crippen LogP contribution in [0.5, 0.6) is 0 Å².